The van der Waals surface area contributed by atoms with E-state index < -0.39 is 0 Å². The van der Waals surface area contributed by atoms with Crippen LogP contribution < -0.4 is 0 Å². The molecule has 1 atom stereocenters. The lowest BCUT2D eigenvalue weighted by Gasteiger charge is -2.49. The second-order valence-corrected chi connectivity index (χ2v) is 8.69. The largest absolute Gasteiger partial charge is 0.342 e. The Balaban J connectivity index is 1.72. The molecule has 136 valence electrons. The minimum atomic E-state index is -0.349. The number of nitrogens with zero attached hydrogens (tertiary/aromatic N) is 3. The number of piperidine rings is 2. The van der Waals surface area contributed by atoms with Gasteiger partial charge in [-0.05, 0) is 30.9 Å². The van der Waals surface area contributed by atoms with Crippen LogP contribution in [0.3, 0.4) is 0 Å². The predicted octanol–water partition coefficient (Wildman–Crippen LogP) is 2.86. The first-order chi connectivity index (χ1) is 11.8. The first kappa shape index (κ1) is 17.9. The number of hydrogen-bond donors (Lipinski definition) is 0. The van der Waals surface area contributed by atoms with Gasteiger partial charge in [-0.1, -0.05) is 26.8 Å². The molecule has 0 saturated carbocycles. The van der Waals surface area contributed by atoms with E-state index in [1.807, 2.05) is 48.9 Å². The van der Waals surface area contributed by atoms with Crippen molar-refractivity contribution in [2.24, 2.45) is 10.8 Å². The molecule has 2 aliphatic heterocycles. The van der Waals surface area contributed by atoms with E-state index in [1.54, 1.807) is 6.20 Å². The summed E-state index contributed by atoms with van der Waals surface area (Å²) in [4.78, 5) is 33.3. The van der Waals surface area contributed by atoms with Crippen molar-refractivity contribution in [1.82, 2.24) is 14.8 Å². The fourth-order valence-electron chi connectivity index (χ4n) is 4.15. The van der Waals surface area contributed by atoms with Crippen molar-refractivity contribution in [3.05, 3.63) is 30.1 Å². The van der Waals surface area contributed by atoms with Gasteiger partial charge in [0.05, 0.1) is 0 Å². The van der Waals surface area contributed by atoms with Crippen molar-refractivity contribution in [3.63, 3.8) is 0 Å². The molecule has 3 heterocycles. The van der Waals surface area contributed by atoms with E-state index in [1.165, 1.54) is 0 Å². The summed E-state index contributed by atoms with van der Waals surface area (Å²) in [6, 6.07) is 3.92. The third-order valence-electron chi connectivity index (χ3n) is 5.43. The van der Waals surface area contributed by atoms with Gasteiger partial charge in [0, 0.05) is 55.8 Å². The van der Waals surface area contributed by atoms with Crippen LogP contribution in [-0.4, -0.2) is 46.2 Å². The van der Waals surface area contributed by atoms with Crippen molar-refractivity contribution in [3.8, 4) is 0 Å². The highest BCUT2D eigenvalue weighted by Crippen LogP contribution is 2.40. The molecular formula is C20H29N3O2. The Labute approximate surface area is 150 Å². The molecule has 3 rings (SSSR count). The molecule has 1 aromatic heterocycles. The Morgan fingerprint density at radius 2 is 2.08 bits per heavy atom. The van der Waals surface area contributed by atoms with E-state index in [9.17, 15) is 9.59 Å². The number of pyridine rings is 1. The van der Waals surface area contributed by atoms with E-state index >= 15 is 0 Å². The number of carbonyl (C=O) groups excluding carboxylic acids is 2. The van der Waals surface area contributed by atoms with E-state index in [4.69, 9.17) is 0 Å². The molecule has 0 aromatic carbocycles. The zero-order valence-electron chi connectivity index (χ0n) is 15.6. The molecule has 0 bridgehead atoms. The van der Waals surface area contributed by atoms with Crippen molar-refractivity contribution >= 4 is 11.8 Å². The van der Waals surface area contributed by atoms with Gasteiger partial charge in [0.15, 0.2) is 0 Å². The first-order valence-electron chi connectivity index (χ1n) is 9.25. The second-order valence-electron chi connectivity index (χ2n) is 8.69. The Morgan fingerprint density at radius 3 is 2.76 bits per heavy atom. The van der Waals surface area contributed by atoms with Gasteiger partial charge >= 0.3 is 0 Å². The lowest BCUT2D eigenvalue weighted by molar-refractivity contribution is -0.148. The maximum atomic E-state index is 12.7. The number of aromatic nitrogens is 1. The molecule has 1 aromatic rings. The van der Waals surface area contributed by atoms with Crippen LogP contribution in [0.1, 0.15) is 52.0 Å². The summed E-state index contributed by atoms with van der Waals surface area (Å²) in [6.07, 6.45) is 7.17. The van der Waals surface area contributed by atoms with Crippen LogP contribution in [0.5, 0.6) is 0 Å². The third-order valence-corrected chi connectivity index (χ3v) is 5.43. The topological polar surface area (TPSA) is 53.5 Å². The smallest absolute Gasteiger partial charge is 0.227 e. The molecule has 5 heteroatoms. The highest BCUT2D eigenvalue weighted by Gasteiger charge is 2.43. The van der Waals surface area contributed by atoms with Crippen LogP contribution in [0.25, 0.3) is 0 Å². The molecular weight excluding hydrogens is 314 g/mol. The number of hydrogen-bond acceptors (Lipinski definition) is 3. The minimum absolute atomic E-state index is 0.0509. The van der Waals surface area contributed by atoms with Crippen LogP contribution in [0, 0.1) is 10.8 Å². The summed E-state index contributed by atoms with van der Waals surface area (Å²) in [5.74, 6) is 0.441. The minimum Gasteiger partial charge on any atom is -0.342 e. The molecule has 2 amide bonds. The van der Waals surface area contributed by atoms with Crippen molar-refractivity contribution in [2.75, 3.05) is 19.6 Å². The van der Waals surface area contributed by atoms with E-state index in [2.05, 4.69) is 4.98 Å². The van der Waals surface area contributed by atoms with Gasteiger partial charge < -0.3 is 9.80 Å². The number of rotatable bonds is 2. The van der Waals surface area contributed by atoms with Crippen molar-refractivity contribution < 1.29 is 9.59 Å². The third kappa shape index (κ3) is 4.02. The second kappa shape index (κ2) is 6.77. The van der Waals surface area contributed by atoms with Crippen LogP contribution in [-0.2, 0) is 16.1 Å². The molecule has 5 nitrogen and oxygen atoms in total. The van der Waals surface area contributed by atoms with E-state index in [0.717, 1.165) is 44.5 Å². The van der Waals surface area contributed by atoms with Gasteiger partial charge in [-0.15, -0.1) is 0 Å². The summed E-state index contributed by atoms with van der Waals surface area (Å²) < 4.78 is 0. The van der Waals surface area contributed by atoms with Gasteiger partial charge in [0.25, 0.3) is 0 Å². The van der Waals surface area contributed by atoms with Gasteiger partial charge in [-0.3, -0.25) is 14.6 Å². The average Bonchev–Trinajstić information content (AvgIpc) is 2.58. The van der Waals surface area contributed by atoms with E-state index in [0.29, 0.717) is 13.0 Å². The van der Waals surface area contributed by atoms with Gasteiger partial charge in [0.1, 0.15) is 0 Å². The Kier molecular flexibility index (Phi) is 4.85. The van der Waals surface area contributed by atoms with Crippen LogP contribution >= 0.6 is 0 Å². The van der Waals surface area contributed by atoms with Crippen molar-refractivity contribution in [2.45, 2.75) is 53.0 Å². The molecule has 2 fully saturated rings. The Morgan fingerprint density at radius 1 is 1.28 bits per heavy atom. The van der Waals surface area contributed by atoms with Gasteiger partial charge in [-0.2, -0.15) is 0 Å². The highest BCUT2D eigenvalue weighted by molar-refractivity contribution is 5.82. The van der Waals surface area contributed by atoms with E-state index in [-0.39, 0.29) is 22.6 Å². The molecule has 1 spiro atoms. The molecule has 2 aliphatic rings. The predicted molar refractivity (Wildman–Crippen MR) is 96.6 cm³/mol. The number of likely N-dealkylation sites (tertiary alicyclic amines) is 2. The molecule has 0 N–H and O–H groups in total. The maximum absolute atomic E-state index is 12.7. The molecule has 2 saturated heterocycles. The number of amides is 2. The lowest BCUT2D eigenvalue weighted by atomic mass is 9.73. The monoisotopic (exact) mass is 343 g/mol. The normalized spacial score (nSPS) is 24.7. The van der Waals surface area contributed by atoms with Crippen LogP contribution in [0.2, 0.25) is 0 Å². The summed E-state index contributed by atoms with van der Waals surface area (Å²) >= 11 is 0. The fraction of sp³-hybridized carbons (Fsp3) is 0.650. The van der Waals surface area contributed by atoms with Crippen LogP contribution in [0.15, 0.2) is 24.5 Å². The quantitative estimate of drug-likeness (QED) is 0.830. The summed E-state index contributed by atoms with van der Waals surface area (Å²) in [5.41, 5.74) is 0.763. The standard InChI is InChI=1S/C20H29N3O2/c1-19(2,3)18(25)22-11-5-8-20(14-22)9-7-17(24)23(15-20)13-16-6-4-10-21-12-16/h4,6,10,12H,5,7-9,11,13-15H2,1-3H3. The summed E-state index contributed by atoms with van der Waals surface area (Å²) in [7, 11) is 0. The molecule has 1 unspecified atom stereocenters. The fourth-order valence-corrected chi connectivity index (χ4v) is 4.15. The zero-order valence-corrected chi connectivity index (χ0v) is 15.6. The lowest BCUT2D eigenvalue weighted by Crippen LogP contribution is -2.56. The Hall–Kier alpha value is -1.91. The number of carbonyl (C=O) groups is 2. The highest BCUT2D eigenvalue weighted by atomic mass is 16.2. The molecule has 0 radical (unpaired) electrons. The first-order valence-corrected chi connectivity index (χ1v) is 9.25. The van der Waals surface area contributed by atoms with Gasteiger partial charge in [-0.25, -0.2) is 0 Å². The molecule has 25 heavy (non-hydrogen) atoms. The zero-order chi connectivity index (χ0) is 18.1. The summed E-state index contributed by atoms with van der Waals surface area (Å²) in [6.45, 7) is 8.92. The Bertz CT molecular complexity index is 638. The van der Waals surface area contributed by atoms with Crippen molar-refractivity contribution in [1.29, 1.82) is 0 Å². The maximum Gasteiger partial charge on any atom is 0.227 e. The SMILES string of the molecule is CC(C)(C)C(=O)N1CCCC2(CCC(=O)N(Cc3cccnc3)C2)C1. The molecule has 0 aliphatic carbocycles. The summed E-state index contributed by atoms with van der Waals surface area (Å²) in [5, 5.41) is 0. The average molecular weight is 343 g/mol. The van der Waals surface area contributed by atoms with Crippen LogP contribution in [0.4, 0.5) is 0 Å². The van der Waals surface area contributed by atoms with Gasteiger partial charge in [0.2, 0.25) is 11.8 Å².